The van der Waals surface area contributed by atoms with Gasteiger partial charge in [0.2, 0.25) is 0 Å². The summed E-state index contributed by atoms with van der Waals surface area (Å²) >= 11 is 0. The average Bonchev–Trinajstić information content (AvgIpc) is 3.76. The van der Waals surface area contributed by atoms with Crippen molar-refractivity contribution in [3.05, 3.63) is 108 Å². The van der Waals surface area contributed by atoms with Gasteiger partial charge in [-0.2, -0.15) is 5.10 Å². The van der Waals surface area contributed by atoms with Crippen LogP contribution in [0.5, 0.6) is 0 Å². The van der Waals surface area contributed by atoms with E-state index in [1.54, 1.807) is 6.20 Å². The van der Waals surface area contributed by atoms with E-state index in [4.69, 9.17) is 20.3 Å². The largest absolute Gasteiger partial charge is 0.365 e. The molecule has 4 unspecified atom stereocenters. The lowest BCUT2D eigenvalue weighted by atomic mass is 9.87. The van der Waals surface area contributed by atoms with Crippen LogP contribution < -0.4 is 5.73 Å². The van der Waals surface area contributed by atoms with Gasteiger partial charge in [0, 0.05) is 42.6 Å². The first-order chi connectivity index (χ1) is 20.0. The maximum Gasteiger partial charge on any atom is 0.306 e. The second-order valence-corrected chi connectivity index (χ2v) is 11.7. The number of nitrogens with two attached hydrogens (primary N) is 1. The van der Waals surface area contributed by atoms with Crippen molar-refractivity contribution in [2.75, 3.05) is 26.8 Å². The summed E-state index contributed by atoms with van der Waals surface area (Å²) in [5.74, 6) is -2.22. The molecule has 0 radical (unpaired) electrons. The second kappa shape index (κ2) is 10.2. The molecule has 41 heavy (non-hydrogen) atoms. The maximum absolute atomic E-state index is 13.6. The Morgan fingerprint density at radius 2 is 1.78 bits per heavy atom. The molecule has 0 bridgehead atoms. The number of pyridine rings is 1. The van der Waals surface area contributed by atoms with Crippen LogP contribution in [0, 0.1) is 0 Å². The van der Waals surface area contributed by atoms with Gasteiger partial charge in [0.15, 0.2) is 6.04 Å². The van der Waals surface area contributed by atoms with Gasteiger partial charge in [-0.3, -0.25) is 14.5 Å². The molecule has 8 nitrogen and oxygen atoms in total. The lowest BCUT2D eigenvalue weighted by Crippen LogP contribution is -2.69. The number of likely N-dealkylation sites (tertiary alicyclic amines) is 1. The number of aromatic nitrogens is 3. The number of rotatable bonds is 7. The highest BCUT2D eigenvalue weighted by atomic mass is 16.7. The van der Waals surface area contributed by atoms with Crippen LogP contribution in [0.3, 0.4) is 0 Å². The fraction of sp³-hybridized carbons (Fsp3) is 0.364. The van der Waals surface area contributed by atoms with E-state index >= 15 is 0 Å². The Bertz CT molecular complexity index is 1550. The number of carbonyl (C=O) groups excluding carboxylic acids is 1. The summed E-state index contributed by atoms with van der Waals surface area (Å²) in [4.78, 5) is 18.0. The Morgan fingerprint density at radius 3 is 2.54 bits per heavy atom. The molecule has 2 aromatic carbocycles. The Kier molecular flexibility index (Phi) is 6.49. The van der Waals surface area contributed by atoms with Crippen LogP contribution in [0.2, 0.25) is 0 Å². The molecular weight excluding hydrogens is 514 g/mol. The fourth-order valence-corrected chi connectivity index (χ4v) is 7.65. The first kappa shape index (κ1) is 26.1. The molecule has 1 aliphatic carbocycles. The van der Waals surface area contributed by atoms with Gasteiger partial charge in [-0.05, 0) is 35.6 Å². The first-order valence-corrected chi connectivity index (χ1v) is 14.6. The third-order valence-electron chi connectivity index (χ3n) is 9.45. The van der Waals surface area contributed by atoms with Crippen molar-refractivity contribution in [2.45, 2.75) is 49.6 Å². The summed E-state index contributed by atoms with van der Waals surface area (Å²) < 4.78 is 15.2. The van der Waals surface area contributed by atoms with Gasteiger partial charge in [0.25, 0.3) is 5.91 Å². The van der Waals surface area contributed by atoms with E-state index in [0.29, 0.717) is 17.7 Å². The molecule has 210 valence electrons. The molecule has 3 aliphatic rings. The number of carbonyl (C=O) groups is 1. The second-order valence-electron chi connectivity index (χ2n) is 11.7. The highest BCUT2D eigenvalue weighted by Crippen LogP contribution is 2.49. The number of aryl methyl sites for hydroxylation is 2. The Labute approximate surface area is 240 Å². The molecule has 4 atom stereocenters. The standard InChI is InChI=1S/C33H35N5O3/c1-38(18-8-14-28(38)25-12-7-17-35-21-25)31(33(32(34)39)40-19-20-41-33)30(24-10-3-2-4-11-24)37-22-26-16-15-23-9-5-6-13-27(23)29(26)36-37/h2-7,9-13,17,21-22,28,30-31H,8,14-16,18-20H2,1H3,(H-,34,39)/p+1. The molecule has 8 heteroatoms. The average molecular weight is 551 g/mol. The SMILES string of the molecule is C[N+]1(C(C(c2ccccc2)n2cc3c(n2)-c2ccccc2CC3)C2(C(N)=O)OCCO2)CCCC1c1cccnc1. The van der Waals surface area contributed by atoms with E-state index in [2.05, 4.69) is 65.4 Å². The minimum atomic E-state index is -1.62. The number of likely N-dealkylation sites (N-methyl/N-ethyl adjacent to an activating group) is 1. The van der Waals surface area contributed by atoms with Crippen LogP contribution in [-0.4, -0.2) is 63.8 Å². The van der Waals surface area contributed by atoms with Gasteiger partial charge in [0.1, 0.15) is 12.1 Å². The first-order valence-electron chi connectivity index (χ1n) is 14.6. The van der Waals surface area contributed by atoms with E-state index in [0.717, 1.165) is 49.0 Å². The third kappa shape index (κ3) is 4.20. The molecule has 1 amide bonds. The third-order valence-corrected chi connectivity index (χ3v) is 9.45. The Morgan fingerprint density at radius 1 is 1.02 bits per heavy atom. The number of hydrogen-bond acceptors (Lipinski definition) is 5. The van der Waals surface area contributed by atoms with Gasteiger partial charge >= 0.3 is 5.79 Å². The smallest absolute Gasteiger partial charge is 0.306 e. The van der Waals surface area contributed by atoms with Gasteiger partial charge in [-0.15, -0.1) is 0 Å². The van der Waals surface area contributed by atoms with Gasteiger partial charge in [-0.1, -0.05) is 60.7 Å². The minimum absolute atomic E-state index is 0.0786. The number of hydrogen-bond donors (Lipinski definition) is 1. The van der Waals surface area contributed by atoms with Crippen LogP contribution in [-0.2, 0) is 27.1 Å². The fourth-order valence-electron chi connectivity index (χ4n) is 7.65. The summed E-state index contributed by atoms with van der Waals surface area (Å²) in [6.07, 6.45) is 9.75. The predicted octanol–water partition coefficient (Wildman–Crippen LogP) is 4.21. The van der Waals surface area contributed by atoms with Crippen molar-refractivity contribution in [1.29, 1.82) is 0 Å². The lowest BCUT2D eigenvalue weighted by Gasteiger charge is -2.50. The topological polar surface area (TPSA) is 92.3 Å². The molecule has 4 aromatic rings. The normalized spacial score (nSPS) is 24.4. The zero-order chi connectivity index (χ0) is 28.0. The van der Waals surface area contributed by atoms with Crippen molar-refractivity contribution >= 4 is 5.91 Å². The molecule has 4 heterocycles. The van der Waals surface area contributed by atoms with Crippen LogP contribution >= 0.6 is 0 Å². The minimum Gasteiger partial charge on any atom is -0.365 e. The molecule has 2 aliphatic heterocycles. The lowest BCUT2D eigenvalue weighted by molar-refractivity contribution is -0.960. The molecular formula is C33H36N5O3+. The van der Waals surface area contributed by atoms with Crippen molar-refractivity contribution in [3.63, 3.8) is 0 Å². The van der Waals surface area contributed by atoms with Crippen molar-refractivity contribution in [2.24, 2.45) is 5.73 Å². The molecule has 7 rings (SSSR count). The van der Waals surface area contributed by atoms with E-state index in [1.807, 2.05) is 30.5 Å². The van der Waals surface area contributed by atoms with E-state index in [-0.39, 0.29) is 12.1 Å². The Hall–Kier alpha value is -3.85. The van der Waals surface area contributed by atoms with E-state index < -0.39 is 17.7 Å². The van der Waals surface area contributed by atoms with Crippen LogP contribution in [0.15, 0.2) is 85.3 Å². The number of fused-ring (bicyclic) bond motifs is 3. The number of nitrogens with zero attached hydrogens (tertiary/aromatic N) is 4. The van der Waals surface area contributed by atoms with Gasteiger partial charge < -0.3 is 19.7 Å². The predicted molar refractivity (Wildman–Crippen MR) is 155 cm³/mol. The molecule has 2 N–H and O–H groups in total. The van der Waals surface area contributed by atoms with E-state index in [9.17, 15) is 4.79 Å². The van der Waals surface area contributed by atoms with Gasteiger partial charge in [0.05, 0.1) is 32.5 Å². The van der Waals surface area contributed by atoms with Crippen molar-refractivity contribution in [1.82, 2.24) is 14.8 Å². The highest BCUT2D eigenvalue weighted by Gasteiger charge is 2.65. The molecule has 2 saturated heterocycles. The molecule has 2 fully saturated rings. The zero-order valence-electron chi connectivity index (χ0n) is 23.4. The summed E-state index contributed by atoms with van der Waals surface area (Å²) in [5, 5.41) is 5.28. The van der Waals surface area contributed by atoms with Crippen LogP contribution in [0.1, 0.15) is 47.2 Å². The number of quaternary nitrogens is 1. The van der Waals surface area contributed by atoms with Gasteiger partial charge in [-0.25, -0.2) is 0 Å². The zero-order valence-corrected chi connectivity index (χ0v) is 23.4. The molecule has 0 spiro atoms. The summed E-state index contributed by atoms with van der Waals surface area (Å²) in [7, 11) is 2.22. The van der Waals surface area contributed by atoms with Crippen molar-refractivity contribution < 1.29 is 18.8 Å². The maximum atomic E-state index is 13.6. The van der Waals surface area contributed by atoms with Crippen LogP contribution in [0.4, 0.5) is 0 Å². The molecule has 0 saturated carbocycles. The summed E-state index contributed by atoms with van der Waals surface area (Å²) in [6.45, 7) is 1.45. The number of amides is 1. The highest BCUT2D eigenvalue weighted by molar-refractivity contribution is 5.83. The summed E-state index contributed by atoms with van der Waals surface area (Å²) in [5.41, 5.74) is 13.1. The number of ether oxygens (including phenoxy) is 2. The van der Waals surface area contributed by atoms with Crippen LogP contribution in [0.25, 0.3) is 11.3 Å². The summed E-state index contributed by atoms with van der Waals surface area (Å²) in [6, 6.07) is 22.1. The van der Waals surface area contributed by atoms with Crippen molar-refractivity contribution in [3.8, 4) is 11.3 Å². The monoisotopic (exact) mass is 550 g/mol. The Balaban J connectivity index is 1.46. The molecule has 2 aromatic heterocycles. The number of benzene rings is 2. The number of primary amides is 1. The van der Waals surface area contributed by atoms with E-state index in [1.165, 1.54) is 16.7 Å². The quantitative estimate of drug-likeness (QED) is 0.348.